The number of likely N-dealkylation sites (N-methyl/N-ethyl adjacent to an activating group) is 1. The Bertz CT molecular complexity index is 793. The lowest BCUT2D eigenvalue weighted by atomic mass is 10.0. The highest BCUT2D eigenvalue weighted by molar-refractivity contribution is 5.78. The van der Waals surface area contributed by atoms with Crippen molar-refractivity contribution >= 4 is 5.91 Å². The van der Waals surface area contributed by atoms with Crippen LogP contribution in [0.15, 0.2) is 48.5 Å². The second kappa shape index (κ2) is 8.01. The summed E-state index contributed by atoms with van der Waals surface area (Å²) in [5.74, 6) is 1.79. The minimum absolute atomic E-state index is 0.156. The molecule has 1 atom stereocenters. The van der Waals surface area contributed by atoms with E-state index in [1.165, 1.54) is 5.56 Å². The molecule has 2 aliphatic heterocycles. The molecule has 5 nitrogen and oxygen atoms in total. The van der Waals surface area contributed by atoms with Crippen LogP contribution in [0.5, 0.6) is 11.5 Å². The predicted octanol–water partition coefficient (Wildman–Crippen LogP) is 3.25. The first-order valence-electron chi connectivity index (χ1n) is 9.62. The molecule has 0 bridgehead atoms. The third-order valence-corrected chi connectivity index (χ3v) is 5.34. The number of ether oxygens (including phenoxy) is 2. The molecule has 2 heterocycles. The lowest BCUT2D eigenvalue weighted by Gasteiger charge is -2.28. The predicted molar refractivity (Wildman–Crippen MR) is 104 cm³/mol. The fourth-order valence-corrected chi connectivity index (χ4v) is 3.90. The van der Waals surface area contributed by atoms with E-state index in [-0.39, 0.29) is 11.9 Å². The molecule has 4 rings (SSSR count). The first-order chi connectivity index (χ1) is 13.2. The fraction of sp³-hybridized carbons (Fsp3) is 0.409. The van der Waals surface area contributed by atoms with Gasteiger partial charge in [0.2, 0.25) is 5.91 Å². The van der Waals surface area contributed by atoms with Gasteiger partial charge in [-0.3, -0.25) is 9.69 Å². The molecule has 2 aliphatic rings. The largest absolute Gasteiger partial charge is 0.486 e. The minimum Gasteiger partial charge on any atom is -0.486 e. The van der Waals surface area contributed by atoms with Gasteiger partial charge >= 0.3 is 0 Å². The van der Waals surface area contributed by atoms with E-state index in [1.54, 1.807) is 0 Å². The zero-order valence-corrected chi connectivity index (χ0v) is 15.8. The summed E-state index contributed by atoms with van der Waals surface area (Å²) in [4.78, 5) is 16.9. The second-order valence-corrected chi connectivity index (χ2v) is 7.27. The Balaban J connectivity index is 1.41. The van der Waals surface area contributed by atoms with Crippen LogP contribution in [0.3, 0.4) is 0 Å². The van der Waals surface area contributed by atoms with Crippen molar-refractivity contribution in [2.45, 2.75) is 25.4 Å². The summed E-state index contributed by atoms with van der Waals surface area (Å²) < 4.78 is 11.3. The Morgan fingerprint density at radius 2 is 1.89 bits per heavy atom. The number of nitrogens with zero attached hydrogens (tertiary/aromatic N) is 2. The van der Waals surface area contributed by atoms with Crippen LogP contribution in [0.25, 0.3) is 0 Å². The Hall–Kier alpha value is -2.53. The van der Waals surface area contributed by atoms with Crippen molar-refractivity contribution in [1.29, 1.82) is 0 Å². The molecule has 0 radical (unpaired) electrons. The normalized spacial score (nSPS) is 19.1. The Kier molecular flexibility index (Phi) is 5.30. The van der Waals surface area contributed by atoms with Gasteiger partial charge in [-0.1, -0.05) is 36.4 Å². The van der Waals surface area contributed by atoms with E-state index in [2.05, 4.69) is 29.2 Å². The smallest absolute Gasteiger partial charge is 0.236 e. The SMILES string of the molecule is CN(Cc1ccccc1)C(=O)CN1CCCC1c1ccc2c(c1)OCCO2. The van der Waals surface area contributed by atoms with E-state index in [9.17, 15) is 4.79 Å². The maximum Gasteiger partial charge on any atom is 0.236 e. The topological polar surface area (TPSA) is 42.0 Å². The van der Waals surface area contributed by atoms with Crippen molar-refractivity contribution in [3.63, 3.8) is 0 Å². The average Bonchev–Trinajstić information content (AvgIpc) is 3.16. The molecule has 0 N–H and O–H groups in total. The molecular formula is C22H26N2O3. The zero-order chi connectivity index (χ0) is 18.6. The van der Waals surface area contributed by atoms with Crippen LogP contribution in [0.2, 0.25) is 0 Å². The number of fused-ring (bicyclic) bond motifs is 1. The molecule has 0 aromatic heterocycles. The third-order valence-electron chi connectivity index (χ3n) is 5.34. The molecule has 0 saturated carbocycles. The molecule has 1 saturated heterocycles. The van der Waals surface area contributed by atoms with Gasteiger partial charge in [-0.05, 0) is 42.6 Å². The average molecular weight is 366 g/mol. The number of hydrogen-bond donors (Lipinski definition) is 0. The molecule has 0 aliphatic carbocycles. The maximum atomic E-state index is 12.8. The molecule has 5 heteroatoms. The van der Waals surface area contributed by atoms with E-state index < -0.39 is 0 Å². The number of benzene rings is 2. The highest BCUT2D eigenvalue weighted by Gasteiger charge is 2.29. The van der Waals surface area contributed by atoms with Gasteiger partial charge in [-0.2, -0.15) is 0 Å². The summed E-state index contributed by atoms with van der Waals surface area (Å²) in [6.07, 6.45) is 2.17. The van der Waals surface area contributed by atoms with Crippen LogP contribution >= 0.6 is 0 Å². The first kappa shape index (κ1) is 17.9. The molecule has 2 aromatic carbocycles. The molecule has 1 fully saturated rings. The molecule has 2 aromatic rings. The highest BCUT2D eigenvalue weighted by atomic mass is 16.6. The van der Waals surface area contributed by atoms with Crippen LogP contribution in [0, 0.1) is 0 Å². The van der Waals surface area contributed by atoms with Gasteiger partial charge in [0.25, 0.3) is 0 Å². The van der Waals surface area contributed by atoms with Gasteiger partial charge in [0.1, 0.15) is 13.2 Å². The van der Waals surface area contributed by atoms with Crippen molar-refractivity contribution in [3.05, 3.63) is 59.7 Å². The second-order valence-electron chi connectivity index (χ2n) is 7.27. The van der Waals surface area contributed by atoms with Crippen molar-refractivity contribution in [2.24, 2.45) is 0 Å². The van der Waals surface area contributed by atoms with Crippen molar-refractivity contribution in [3.8, 4) is 11.5 Å². The van der Waals surface area contributed by atoms with Gasteiger partial charge in [0.05, 0.1) is 6.54 Å². The summed E-state index contributed by atoms with van der Waals surface area (Å²) in [5, 5.41) is 0. The number of rotatable bonds is 5. The summed E-state index contributed by atoms with van der Waals surface area (Å²) in [5.41, 5.74) is 2.36. The molecule has 142 valence electrons. The zero-order valence-electron chi connectivity index (χ0n) is 15.8. The van der Waals surface area contributed by atoms with E-state index in [0.29, 0.717) is 26.3 Å². The quantitative estimate of drug-likeness (QED) is 0.815. The summed E-state index contributed by atoms with van der Waals surface area (Å²) in [6.45, 7) is 3.23. The molecule has 0 spiro atoms. The van der Waals surface area contributed by atoms with Crippen LogP contribution in [-0.4, -0.2) is 49.1 Å². The lowest BCUT2D eigenvalue weighted by molar-refractivity contribution is -0.131. The van der Waals surface area contributed by atoms with Gasteiger partial charge in [0, 0.05) is 19.6 Å². The van der Waals surface area contributed by atoms with Gasteiger partial charge in [-0.25, -0.2) is 0 Å². The van der Waals surface area contributed by atoms with Gasteiger partial charge in [-0.15, -0.1) is 0 Å². The fourth-order valence-electron chi connectivity index (χ4n) is 3.90. The number of amides is 1. The molecule has 1 unspecified atom stereocenters. The van der Waals surface area contributed by atoms with Crippen LogP contribution in [0.4, 0.5) is 0 Å². The van der Waals surface area contributed by atoms with Crippen molar-refractivity contribution < 1.29 is 14.3 Å². The maximum absolute atomic E-state index is 12.8. The van der Waals surface area contributed by atoms with Crippen LogP contribution in [0.1, 0.15) is 30.0 Å². The molecule has 27 heavy (non-hydrogen) atoms. The van der Waals surface area contributed by atoms with E-state index in [0.717, 1.165) is 36.4 Å². The van der Waals surface area contributed by atoms with E-state index in [4.69, 9.17) is 9.47 Å². The van der Waals surface area contributed by atoms with Crippen LogP contribution < -0.4 is 9.47 Å². The summed E-state index contributed by atoms with van der Waals surface area (Å²) in [6, 6.07) is 16.5. The Morgan fingerprint density at radius 3 is 2.70 bits per heavy atom. The lowest BCUT2D eigenvalue weighted by Crippen LogP contribution is -2.37. The van der Waals surface area contributed by atoms with Gasteiger partial charge in [0.15, 0.2) is 11.5 Å². The Labute approximate surface area is 160 Å². The van der Waals surface area contributed by atoms with Crippen LogP contribution in [-0.2, 0) is 11.3 Å². The standard InChI is InChI=1S/C22H26N2O3/c1-23(15-17-6-3-2-4-7-17)22(25)16-24-11-5-8-19(24)18-9-10-20-21(14-18)27-13-12-26-20/h2-4,6-7,9-10,14,19H,5,8,11-13,15-16H2,1H3. The monoisotopic (exact) mass is 366 g/mol. The molecule has 1 amide bonds. The number of carbonyl (C=O) groups is 1. The number of likely N-dealkylation sites (tertiary alicyclic amines) is 1. The summed E-state index contributed by atoms with van der Waals surface area (Å²) >= 11 is 0. The van der Waals surface area contributed by atoms with E-state index in [1.807, 2.05) is 36.2 Å². The third kappa shape index (κ3) is 4.08. The summed E-state index contributed by atoms with van der Waals surface area (Å²) in [7, 11) is 1.88. The molecular weight excluding hydrogens is 340 g/mol. The number of hydrogen-bond acceptors (Lipinski definition) is 4. The van der Waals surface area contributed by atoms with Crippen molar-refractivity contribution in [2.75, 3.05) is 33.4 Å². The minimum atomic E-state index is 0.156. The van der Waals surface area contributed by atoms with Gasteiger partial charge < -0.3 is 14.4 Å². The number of carbonyl (C=O) groups excluding carboxylic acids is 1. The Morgan fingerprint density at radius 1 is 1.11 bits per heavy atom. The highest BCUT2D eigenvalue weighted by Crippen LogP contribution is 2.37. The van der Waals surface area contributed by atoms with E-state index >= 15 is 0 Å². The first-order valence-corrected chi connectivity index (χ1v) is 9.62. The van der Waals surface area contributed by atoms with Crippen molar-refractivity contribution in [1.82, 2.24) is 9.80 Å².